The number of benzene rings is 2. The summed E-state index contributed by atoms with van der Waals surface area (Å²) in [5.41, 5.74) is 6.21. The van der Waals surface area contributed by atoms with Crippen LogP contribution in [0.2, 0.25) is 0 Å². The van der Waals surface area contributed by atoms with Gasteiger partial charge in [-0.15, -0.1) is 0 Å². The molecule has 0 saturated heterocycles. The van der Waals surface area contributed by atoms with E-state index in [0.29, 0.717) is 18.4 Å². The quantitative estimate of drug-likeness (QED) is 0.555. The van der Waals surface area contributed by atoms with Crippen LogP contribution in [-0.4, -0.2) is 26.9 Å². The van der Waals surface area contributed by atoms with Gasteiger partial charge in [0.05, 0.1) is 5.69 Å². The van der Waals surface area contributed by atoms with E-state index in [2.05, 4.69) is 64.2 Å². The van der Waals surface area contributed by atoms with Gasteiger partial charge in [0.1, 0.15) is 5.82 Å². The van der Waals surface area contributed by atoms with Crippen molar-refractivity contribution in [2.75, 3.05) is 6.54 Å². The van der Waals surface area contributed by atoms with Gasteiger partial charge in [0.15, 0.2) is 0 Å². The highest BCUT2D eigenvalue weighted by molar-refractivity contribution is 5.79. The van der Waals surface area contributed by atoms with Crippen LogP contribution in [-0.2, 0) is 37.1 Å². The van der Waals surface area contributed by atoms with Gasteiger partial charge in [0.25, 0.3) is 0 Å². The van der Waals surface area contributed by atoms with E-state index in [9.17, 15) is 4.79 Å². The van der Waals surface area contributed by atoms with E-state index >= 15 is 0 Å². The molecule has 0 spiro atoms. The summed E-state index contributed by atoms with van der Waals surface area (Å²) >= 11 is 0. The lowest BCUT2D eigenvalue weighted by Crippen LogP contribution is -2.39. The second kappa shape index (κ2) is 8.23. The van der Waals surface area contributed by atoms with E-state index in [0.717, 1.165) is 50.0 Å². The van der Waals surface area contributed by atoms with Gasteiger partial charge in [0, 0.05) is 43.7 Å². The Bertz CT molecular complexity index is 1120. The molecule has 1 aliphatic heterocycles. The largest absolute Gasteiger partial charge is 0.338 e. The van der Waals surface area contributed by atoms with Crippen molar-refractivity contribution in [3.05, 3.63) is 77.2 Å². The SMILES string of the molecule is O=C(C1CCc2ccccc2C1)N(Cc1cccc(-c2cn3c(n2)CCC3)c1)CC1CC1. The lowest BCUT2D eigenvalue weighted by atomic mass is 9.83. The molecule has 0 bridgehead atoms. The van der Waals surface area contributed by atoms with Gasteiger partial charge in [-0.2, -0.15) is 0 Å². The Hall–Kier alpha value is -2.88. The number of carbonyl (C=O) groups is 1. The monoisotopic (exact) mass is 425 g/mol. The highest BCUT2D eigenvalue weighted by Crippen LogP contribution is 2.33. The fourth-order valence-corrected chi connectivity index (χ4v) is 5.45. The molecule has 164 valence electrons. The molecule has 1 atom stereocenters. The molecular weight excluding hydrogens is 394 g/mol. The standard InChI is InChI=1S/C28H31N3O/c32-28(25-13-12-22-6-1-2-7-23(22)16-25)31(17-20-10-11-20)18-21-5-3-8-24(15-21)26-19-30-14-4-9-27(30)29-26/h1-3,5-8,15,19-20,25H,4,9-14,16-18H2. The Morgan fingerprint density at radius 2 is 1.91 bits per heavy atom. The molecule has 4 nitrogen and oxygen atoms in total. The van der Waals surface area contributed by atoms with Crippen molar-refractivity contribution in [1.82, 2.24) is 14.5 Å². The van der Waals surface area contributed by atoms with E-state index in [1.807, 2.05) is 0 Å². The van der Waals surface area contributed by atoms with E-state index in [1.54, 1.807) is 0 Å². The van der Waals surface area contributed by atoms with E-state index in [-0.39, 0.29) is 5.92 Å². The topological polar surface area (TPSA) is 38.1 Å². The predicted molar refractivity (Wildman–Crippen MR) is 126 cm³/mol. The average molecular weight is 426 g/mol. The van der Waals surface area contributed by atoms with Crippen molar-refractivity contribution in [3.63, 3.8) is 0 Å². The van der Waals surface area contributed by atoms with Crippen molar-refractivity contribution < 1.29 is 4.79 Å². The minimum atomic E-state index is 0.114. The molecule has 3 aliphatic rings. The number of hydrogen-bond donors (Lipinski definition) is 0. The van der Waals surface area contributed by atoms with Crippen LogP contribution >= 0.6 is 0 Å². The molecule has 1 amide bonds. The van der Waals surface area contributed by atoms with Gasteiger partial charge in [-0.25, -0.2) is 4.98 Å². The summed E-state index contributed by atoms with van der Waals surface area (Å²) in [7, 11) is 0. The van der Waals surface area contributed by atoms with Crippen LogP contribution < -0.4 is 0 Å². The van der Waals surface area contributed by atoms with Crippen LogP contribution in [0.1, 0.15) is 48.2 Å². The number of carbonyl (C=O) groups excluding carboxylic acids is 1. The first kappa shape index (κ1) is 19.8. The van der Waals surface area contributed by atoms with Crippen LogP contribution in [0.5, 0.6) is 0 Å². The molecule has 4 heteroatoms. The highest BCUT2D eigenvalue weighted by atomic mass is 16.2. The van der Waals surface area contributed by atoms with Crippen molar-refractivity contribution in [3.8, 4) is 11.3 Å². The maximum atomic E-state index is 13.6. The Balaban J connectivity index is 1.21. The number of hydrogen-bond acceptors (Lipinski definition) is 2. The van der Waals surface area contributed by atoms with E-state index < -0.39 is 0 Å². The van der Waals surface area contributed by atoms with Crippen molar-refractivity contribution >= 4 is 5.91 Å². The molecule has 1 unspecified atom stereocenters. The fraction of sp³-hybridized carbons (Fsp3) is 0.429. The van der Waals surface area contributed by atoms with Crippen LogP contribution in [0, 0.1) is 11.8 Å². The average Bonchev–Trinajstić information content (AvgIpc) is 3.38. The van der Waals surface area contributed by atoms with Gasteiger partial charge in [0.2, 0.25) is 5.91 Å². The number of rotatable bonds is 6. The zero-order valence-corrected chi connectivity index (χ0v) is 18.7. The Labute approximate surface area is 190 Å². The number of amides is 1. The molecule has 1 aromatic heterocycles. The van der Waals surface area contributed by atoms with Crippen molar-refractivity contribution in [2.24, 2.45) is 11.8 Å². The second-order valence-corrected chi connectivity index (χ2v) is 9.91. The number of imidazole rings is 1. The predicted octanol–water partition coefficient (Wildman–Crippen LogP) is 5.04. The Morgan fingerprint density at radius 3 is 2.75 bits per heavy atom. The Morgan fingerprint density at radius 1 is 1.03 bits per heavy atom. The number of aromatic nitrogens is 2. The lowest BCUT2D eigenvalue weighted by Gasteiger charge is -2.30. The minimum absolute atomic E-state index is 0.114. The first-order valence-electron chi connectivity index (χ1n) is 12.2. The van der Waals surface area contributed by atoms with Crippen LogP contribution in [0.25, 0.3) is 11.3 Å². The minimum Gasteiger partial charge on any atom is -0.338 e. The van der Waals surface area contributed by atoms with Crippen LogP contribution in [0.15, 0.2) is 54.7 Å². The molecule has 0 N–H and O–H groups in total. The summed E-state index contributed by atoms with van der Waals surface area (Å²) in [5, 5.41) is 0. The molecule has 1 fully saturated rings. The fourth-order valence-electron chi connectivity index (χ4n) is 5.45. The first-order valence-corrected chi connectivity index (χ1v) is 12.2. The summed E-state index contributed by atoms with van der Waals surface area (Å²) in [6.45, 7) is 2.69. The third-order valence-corrected chi connectivity index (χ3v) is 7.44. The third kappa shape index (κ3) is 3.99. The van der Waals surface area contributed by atoms with Gasteiger partial charge in [-0.3, -0.25) is 4.79 Å². The van der Waals surface area contributed by atoms with E-state index in [1.165, 1.54) is 41.8 Å². The molecule has 32 heavy (non-hydrogen) atoms. The zero-order valence-electron chi connectivity index (χ0n) is 18.7. The zero-order chi connectivity index (χ0) is 21.5. The van der Waals surface area contributed by atoms with Crippen LogP contribution in [0.3, 0.4) is 0 Å². The van der Waals surface area contributed by atoms with Crippen LogP contribution in [0.4, 0.5) is 0 Å². The summed E-state index contributed by atoms with van der Waals surface area (Å²) in [5.74, 6) is 2.35. The maximum Gasteiger partial charge on any atom is 0.226 e. The lowest BCUT2D eigenvalue weighted by molar-refractivity contribution is -0.136. The van der Waals surface area contributed by atoms with Gasteiger partial charge < -0.3 is 9.47 Å². The number of fused-ring (bicyclic) bond motifs is 2. The molecule has 1 saturated carbocycles. The third-order valence-electron chi connectivity index (χ3n) is 7.44. The Kier molecular flexibility index (Phi) is 5.09. The summed E-state index contributed by atoms with van der Waals surface area (Å²) in [6.07, 6.45) is 9.86. The molecule has 2 aromatic carbocycles. The summed E-state index contributed by atoms with van der Waals surface area (Å²) in [6, 6.07) is 17.3. The summed E-state index contributed by atoms with van der Waals surface area (Å²) in [4.78, 5) is 20.6. The molecule has 0 radical (unpaired) electrons. The van der Waals surface area contributed by atoms with Crippen molar-refractivity contribution in [2.45, 2.75) is 58.0 Å². The molecular formula is C28H31N3O. The van der Waals surface area contributed by atoms with Gasteiger partial charge in [-0.1, -0.05) is 42.5 Å². The molecule has 6 rings (SSSR count). The maximum absolute atomic E-state index is 13.6. The molecule has 3 aromatic rings. The normalized spacial score (nSPS) is 19.4. The smallest absolute Gasteiger partial charge is 0.226 e. The van der Waals surface area contributed by atoms with Crippen molar-refractivity contribution in [1.29, 1.82) is 0 Å². The van der Waals surface area contributed by atoms with Gasteiger partial charge in [-0.05, 0) is 67.2 Å². The number of nitrogens with zero attached hydrogens (tertiary/aromatic N) is 3. The highest BCUT2D eigenvalue weighted by Gasteiger charge is 2.32. The first-order chi connectivity index (χ1) is 15.7. The summed E-state index contributed by atoms with van der Waals surface area (Å²) < 4.78 is 2.28. The molecule has 2 aliphatic carbocycles. The van der Waals surface area contributed by atoms with E-state index in [4.69, 9.17) is 4.98 Å². The molecule has 2 heterocycles. The van der Waals surface area contributed by atoms with Gasteiger partial charge >= 0.3 is 0 Å². The number of aryl methyl sites for hydroxylation is 3. The second-order valence-electron chi connectivity index (χ2n) is 9.91.